The summed E-state index contributed by atoms with van der Waals surface area (Å²) in [5.41, 5.74) is 0. The maximum absolute atomic E-state index is 11.3. The predicted molar refractivity (Wildman–Crippen MR) is 58.6 cm³/mol. The Morgan fingerprint density at radius 3 is 2.94 bits per heavy atom. The highest BCUT2D eigenvalue weighted by Crippen LogP contribution is 2.18. The van der Waals surface area contributed by atoms with Crippen LogP contribution in [0.1, 0.15) is 12.8 Å². The molecule has 0 aromatic heterocycles. The van der Waals surface area contributed by atoms with E-state index in [9.17, 15) is 9.59 Å². The van der Waals surface area contributed by atoms with Gasteiger partial charge in [0.15, 0.2) is 0 Å². The van der Waals surface area contributed by atoms with Gasteiger partial charge in [0, 0.05) is 13.0 Å². The molecule has 1 aliphatic rings. The molecule has 0 spiro atoms. The van der Waals surface area contributed by atoms with Crippen molar-refractivity contribution in [1.29, 1.82) is 0 Å². The summed E-state index contributed by atoms with van der Waals surface area (Å²) in [4.78, 5) is 23.8. The highest BCUT2D eigenvalue weighted by atomic mass is 16.4. The van der Waals surface area contributed by atoms with E-state index in [0.717, 1.165) is 13.0 Å². The standard InChI is InChI=1S/C11H16N2O3/c1-2-4-12-10(14)8-13-5-3-9(7-13)6-11(15)16/h1,9H,3-8H2,(H,12,14)(H,15,16). The summed E-state index contributed by atoms with van der Waals surface area (Å²) in [6.07, 6.45) is 6.04. The van der Waals surface area contributed by atoms with Gasteiger partial charge in [-0.3, -0.25) is 14.5 Å². The fraction of sp³-hybridized carbons (Fsp3) is 0.636. The second kappa shape index (κ2) is 6.13. The number of hydrogen-bond donors (Lipinski definition) is 2. The summed E-state index contributed by atoms with van der Waals surface area (Å²) < 4.78 is 0. The van der Waals surface area contributed by atoms with Gasteiger partial charge >= 0.3 is 5.97 Å². The Labute approximate surface area is 94.8 Å². The summed E-state index contributed by atoms with van der Waals surface area (Å²) >= 11 is 0. The van der Waals surface area contributed by atoms with Crippen molar-refractivity contribution >= 4 is 11.9 Å². The lowest BCUT2D eigenvalue weighted by Gasteiger charge is -2.14. The highest BCUT2D eigenvalue weighted by Gasteiger charge is 2.25. The topological polar surface area (TPSA) is 69.6 Å². The Balaban J connectivity index is 2.23. The van der Waals surface area contributed by atoms with Crippen molar-refractivity contribution in [3.05, 3.63) is 0 Å². The van der Waals surface area contributed by atoms with Crippen molar-refractivity contribution in [2.75, 3.05) is 26.2 Å². The number of nitrogens with one attached hydrogen (secondary N) is 1. The minimum absolute atomic E-state index is 0.103. The molecule has 1 amide bonds. The van der Waals surface area contributed by atoms with Crippen molar-refractivity contribution in [2.45, 2.75) is 12.8 Å². The number of terminal acetylenes is 1. The van der Waals surface area contributed by atoms with Gasteiger partial charge in [0.2, 0.25) is 5.91 Å². The van der Waals surface area contributed by atoms with Crippen LogP contribution in [0.2, 0.25) is 0 Å². The number of likely N-dealkylation sites (tertiary alicyclic amines) is 1. The first-order valence-electron chi connectivity index (χ1n) is 5.26. The molecule has 1 aliphatic heterocycles. The third kappa shape index (κ3) is 4.32. The van der Waals surface area contributed by atoms with Gasteiger partial charge in [-0.25, -0.2) is 0 Å². The van der Waals surface area contributed by atoms with E-state index < -0.39 is 5.97 Å². The Morgan fingerprint density at radius 1 is 1.56 bits per heavy atom. The molecule has 0 aromatic rings. The van der Waals surface area contributed by atoms with Gasteiger partial charge in [-0.05, 0) is 18.9 Å². The van der Waals surface area contributed by atoms with Crippen molar-refractivity contribution < 1.29 is 14.7 Å². The summed E-state index contributed by atoms with van der Waals surface area (Å²) in [5, 5.41) is 11.2. The lowest BCUT2D eigenvalue weighted by Crippen LogP contribution is -2.36. The number of carbonyl (C=O) groups excluding carboxylic acids is 1. The van der Waals surface area contributed by atoms with Gasteiger partial charge in [-0.1, -0.05) is 5.92 Å². The fourth-order valence-electron chi connectivity index (χ4n) is 1.88. The Bertz CT molecular complexity index is 309. The molecule has 1 saturated heterocycles. The molecule has 0 aliphatic carbocycles. The third-order valence-electron chi connectivity index (χ3n) is 2.59. The second-order valence-corrected chi connectivity index (χ2v) is 3.97. The maximum Gasteiger partial charge on any atom is 0.303 e. The van der Waals surface area contributed by atoms with Gasteiger partial charge in [0.05, 0.1) is 13.1 Å². The first-order valence-corrected chi connectivity index (χ1v) is 5.26. The fourth-order valence-corrected chi connectivity index (χ4v) is 1.88. The number of carboxylic acid groups (broad SMARTS) is 1. The van der Waals surface area contributed by atoms with Gasteiger partial charge < -0.3 is 10.4 Å². The van der Waals surface area contributed by atoms with Crippen LogP contribution in [0.4, 0.5) is 0 Å². The van der Waals surface area contributed by atoms with Crippen molar-refractivity contribution in [1.82, 2.24) is 10.2 Å². The quantitative estimate of drug-likeness (QED) is 0.620. The van der Waals surface area contributed by atoms with Crippen molar-refractivity contribution in [3.8, 4) is 12.3 Å². The average Bonchev–Trinajstić information content (AvgIpc) is 2.61. The van der Waals surface area contributed by atoms with E-state index >= 15 is 0 Å². The number of aliphatic carboxylic acids is 1. The van der Waals surface area contributed by atoms with Crippen LogP contribution in [0, 0.1) is 18.3 Å². The second-order valence-electron chi connectivity index (χ2n) is 3.97. The zero-order valence-corrected chi connectivity index (χ0v) is 9.11. The molecule has 0 aromatic carbocycles. The molecule has 1 rings (SSSR count). The van der Waals surface area contributed by atoms with Gasteiger partial charge in [0.1, 0.15) is 0 Å². The number of carbonyl (C=O) groups is 2. The van der Waals surface area contributed by atoms with Gasteiger partial charge in [0.25, 0.3) is 0 Å². The van der Waals surface area contributed by atoms with E-state index in [2.05, 4.69) is 11.2 Å². The number of nitrogens with zero attached hydrogens (tertiary/aromatic N) is 1. The molecule has 5 heteroatoms. The van der Waals surface area contributed by atoms with Crippen LogP contribution < -0.4 is 5.32 Å². The smallest absolute Gasteiger partial charge is 0.303 e. The average molecular weight is 224 g/mol. The molecular formula is C11H16N2O3. The number of carboxylic acids is 1. The van der Waals surface area contributed by atoms with Crippen LogP contribution in [0.15, 0.2) is 0 Å². The lowest BCUT2D eigenvalue weighted by atomic mass is 10.1. The monoisotopic (exact) mass is 224 g/mol. The van der Waals surface area contributed by atoms with E-state index in [-0.39, 0.29) is 24.8 Å². The van der Waals surface area contributed by atoms with Crippen LogP contribution in [0.5, 0.6) is 0 Å². The number of amides is 1. The van der Waals surface area contributed by atoms with Crippen molar-refractivity contribution in [3.63, 3.8) is 0 Å². The SMILES string of the molecule is C#CCNC(=O)CN1CCC(CC(=O)O)C1. The molecule has 1 unspecified atom stereocenters. The first-order chi connectivity index (χ1) is 7.61. The minimum atomic E-state index is -0.774. The van der Waals surface area contributed by atoms with Crippen molar-refractivity contribution in [2.24, 2.45) is 5.92 Å². The summed E-state index contributed by atoms with van der Waals surface area (Å²) in [7, 11) is 0. The van der Waals surface area contributed by atoms with Crippen LogP contribution in [-0.2, 0) is 9.59 Å². The normalized spacial score (nSPS) is 20.3. The largest absolute Gasteiger partial charge is 0.481 e. The minimum Gasteiger partial charge on any atom is -0.481 e. The van der Waals surface area contributed by atoms with Crippen LogP contribution in [0.25, 0.3) is 0 Å². The summed E-state index contributed by atoms with van der Waals surface area (Å²) in [6, 6.07) is 0. The molecule has 5 nitrogen and oxygen atoms in total. The zero-order chi connectivity index (χ0) is 12.0. The molecule has 1 atom stereocenters. The summed E-state index contributed by atoms with van der Waals surface area (Å²) in [5.74, 6) is 1.62. The van der Waals surface area contributed by atoms with Gasteiger partial charge in [-0.15, -0.1) is 6.42 Å². The van der Waals surface area contributed by atoms with E-state index in [4.69, 9.17) is 11.5 Å². The predicted octanol–water partition coefficient (Wildman–Crippen LogP) is -0.468. The van der Waals surface area contributed by atoms with Crippen LogP contribution in [-0.4, -0.2) is 48.1 Å². The lowest BCUT2D eigenvalue weighted by molar-refractivity contribution is -0.138. The molecule has 1 fully saturated rings. The van der Waals surface area contributed by atoms with Crippen LogP contribution >= 0.6 is 0 Å². The number of rotatable bonds is 5. The highest BCUT2D eigenvalue weighted by molar-refractivity contribution is 5.78. The summed E-state index contributed by atoms with van der Waals surface area (Å²) in [6.45, 7) is 2.00. The number of hydrogen-bond acceptors (Lipinski definition) is 3. The molecule has 0 bridgehead atoms. The molecule has 16 heavy (non-hydrogen) atoms. The van der Waals surface area contributed by atoms with Crippen LogP contribution in [0.3, 0.4) is 0 Å². The first kappa shape index (κ1) is 12.5. The molecule has 1 heterocycles. The Hall–Kier alpha value is -1.54. The molecule has 0 radical (unpaired) electrons. The Morgan fingerprint density at radius 2 is 2.31 bits per heavy atom. The van der Waals surface area contributed by atoms with E-state index in [1.54, 1.807) is 0 Å². The molecule has 2 N–H and O–H groups in total. The Kier molecular flexibility index (Phi) is 4.80. The van der Waals surface area contributed by atoms with E-state index in [0.29, 0.717) is 13.1 Å². The van der Waals surface area contributed by atoms with E-state index in [1.807, 2.05) is 4.90 Å². The third-order valence-corrected chi connectivity index (χ3v) is 2.59. The molecule has 0 saturated carbocycles. The van der Waals surface area contributed by atoms with Gasteiger partial charge in [-0.2, -0.15) is 0 Å². The zero-order valence-electron chi connectivity index (χ0n) is 9.11. The molecule has 88 valence electrons. The van der Waals surface area contributed by atoms with E-state index in [1.165, 1.54) is 0 Å². The maximum atomic E-state index is 11.3. The molecular weight excluding hydrogens is 208 g/mol.